The van der Waals surface area contributed by atoms with E-state index in [0.717, 1.165) is 31.2 Å². The molecule has 1 atom stereocenters. The first-order chi connectivity index (χ1) is 7.28. The average molecular weight is 210 g/mol. The van der Waals surface area contributed by atoms with Gasteiger partial charge in [0, 0.05) is 25.6 Å². The lowest BCUT2D eigenvalue weighted by molar-refractivity contribution is 0.305. The highest BCUT2D eigenvalue weighted by molar-refractivity contribution is 4.86. The van der Waals surface area contributed by atoms with E-state index in [4.69, 9.17) is 4.52 Å². The van der Waals surface area contributed by atoms with Gasteiger partial charge in [0.15, 0.2) is 5.82 Å². The Bertz CT molecular complexity index is 312. The minimum Gasteiger partial charge on any atom is -0.339 e. The highest BCUT2D eigenvalue weighted by atomic mass is 16.5. The van der Waals surface area contributed by atoms with Gasteiger partial charge < -0.3 is 14.7 Å². The van der Waals surface area contributed by atoms with Gasteiger partial charge in [0.2, 0.25) is 5.89 Å². The molecular weight excluding hydrogens is 192 g/mol. The SMILES string of the molecule is CNC1CCN(CCc2nc(C)no2)C1. The smallest absolute Gasteiger partial charge is 0.227 e. The molecule has 1 fully saturated rings. The van der Waals surface area contributed by atoms with Gasteiger partial charge in [-0.05, 0) is 26.9 Å². The van der Waals surface area contributed by atoms with E-state index in [-0.39, 0.29) is 0 Å². The molecule has 0 radical (unpaired) electrons. The first-order valence-electron chi connectivity index (χ1n) is 5.46. The molecule has 2 rings (SSSR count). The quantitative estimate of drug-likeness (QED) is 0.770. The number of rotatable bonds is 4. The fourth-order valence-electron chi connectivity index (χ4n) is 1.97. The highest BCUT2D eigenvalue weighted by Gasteiger charge is 2.20. The summed E-state index contributed by atoms with van der Waals surface area (Å²) in [4.78, 5) is 6.62. The van der Waals surface area contributed by atoms with Crippen LogP contribution in [-0.2, 0) is 6.42 Å². The Kier molecular flexibility index (Phi) is 3.33. The Morgan fingerprint density at radius 3 is 3.07 bits per heavy atom. The van der Waals surface area contributed by atoms with Crippen LogP contribution in [0.4, 0.5) is 0 Å². The van der Waals surface area contributed by atoms with Crippen molar-refractivity contribution in [2.45, 2.75) is 25.8 Å². The van der Waals surface area contributed by atoms with Crippen LogP contribution in [0, 0.1) is 6.92 Å². The molecule has 0 aromatic carbocycles. The summed E-state index contributed by atoms with van der Waals surface area (Å²) in [6.45, 7) is 5.15. The lowest BCUT2D eigenvalue weighted by Gasteiger charge is -2.13. The first-order valence-corrected chi connectivity index (χ1v) is 5.46. The number of hydrogen-bond donors (Lipinski definition) is 1. The van der Waals surface area contributed by atoms with Gasteiger partial charge in [0.1, 0.15) is 0 Å². The molecule has 0 saturated carbocycles. The molecule has 1 aromatic rings. The van der Waals surface area contributed by atoms with E-state index in [1.807, 2.05) is 14.0 Å². The van der Waals surface area contributed by atoms with E-state index in [0.29, 0.717) is 6.04 Å². The van der Waals surface area contributed by atoms with Crippen molar-refractivity contribution in [2.24, 2.45) is 0 Å². The second-order valence-electron chi connectivity index (χ2n) is 4.06. The Labute approximate surface area is 89.8 Å². The van der Waals surface area contributed by atoms with Crippen molar-refractivity contribution in [3.63, 3.8) is 0 Å². The van der Waals surface area contributed by atoms with E-state index in [9.17, 15) is 0 Å². The lowest BCUT2D eigenvalue weighted by Crippen LogP contribution is -2.30. The van der Waals surface area contributed by atoms with Crippen LogP contribution in [0.5, 0.6) is 0 Å². The zero-order valence-electron chi connectivity index (χ0n) is 9.36. The van der Waals surface area contributed by atoms with E-state index in [1.165, 1.54) is 13.0 Å². The second kappa shape index (κ2) is 4.72. The van der Waals surface area contributed by atoms with Crippen LogP contribution in [0.15, 0.2) is 4.52 Å². The van der Waals surface area contributed by atoms with Gasteiger partial charge in [0.05, 0.1) is 0 Å². The fraction of sp³-hybridized carbons (Fsp3) is 0.800. The summed E-state index contributed by atoms with van der Waals surface area (Å²) in [5.74, 6) is 1.47. The standard InChI is InChI=1S/C10H18N4O/c1-8-12-10(15-13-8)4-6-14-5-3-9(7-14)11-2/h9,11H,3-7H2,1-2H3. The molecule has 1 aromatic heterocycles. The van der Waals surface area contributed by atoms with Crippen LogP contribution >= 0.6 is 0 Å². The molecule has 1 aliphatic heterocycles. The average Bonchev–Trinajstić information content (AvgIpc) is 2.83. The van der Waals surface area contributed by atoms with Crippen molar-refractivity contribution in [1.29, 1.82) is 0 Å². The number of nitrogens with one attached hydrogen (secondary N) is 1. The van der Waals surface area contributed by atoms with Crippen LogP contribution in [-0.4, -0.2) is 47.8 Å². The number of aromatic nitrogens is 2. The Morgan fingerprint density at radius 1 is 1.60 bits per heavy atom. The number of nitrogens with zero attached hydrogens (tertiary/aromatic N) is 3. The molecule has 0 bridgehead atoms. The monoisotopic (exact) mass is 210 g/mol. The predicted octanol–water partition coefficient (Wildman–Crippen LogP) is 0.214. The van der Waals surface area contributed by atoms with Crippen molar-refractivity contribution >= 4 is 0 Å². The van der Waals surface area contributed by atoms with Gasteiger partial charge in [0.25, 0.3) is 0 Å². The van der Waals surface area contributed by atoms with Gasteiger partial charge in [-0.15, -0.1) is 0 Å². The molecule has 0 spiro atoms. The van der Waals surface area contributed by atoms with Crippen molar-refractivity contribution in [3.8, 4) is 0 Å². The molecule has 5 nitrogen and oxygen atoms in total. The minimum atomic E-state index is 0.648. The number of likely N-dealkylation sites (tertiary alicyclic amines) is 1. The van der Waals surface area contributed by atoms with Crippen molar-refractivity contribution in [3.05, 3.63) is 11.7 Å². The van der Waals surface area contributed by atoms with Crippen LogP contribution in [0.3, 0.4) is 0 Å². The minimum absolute atomic E-state index is 0.648. The molecule has 5 heteroatoms. The summed E-state index contributed by atoms with van der Waals surface area (Å²) >= 11 is 0. The number of hydrogen-bond acceptors (Lipinski definition) is 5. The maximum atomic E-state index is 5.07. The van der Waals surface area contributed by atoms with Gasteiger partial charge in [-0.1, -0.05) is 5.16 Å². The molecule has 1 saturated heterocycles. The Hall–Kier alpha value is -0.940. The van der Waals surface area contributed by atoms with Crippen molar-refractivity contribution in [1.82, 2.24) is 20.4 Å². The molecule has 1 aliphatic rings. The third kappa shape index (κ3) is 2.76. The van der Waals surface area contributed by atoms with E-state index < -0.39 is 0 Å². The summed E-state index contributed by atoms with van der Waals surface area (Å²) < 4.78 is 5.07. The normalized spacial score (nSPS) is 22.4. The van der Waals surface area contributed by atoms with Crippen molar-refractivity contribution < 1.29 is 4.52 Å². The van der Waals surface area contributed by atoms with Gasteiger partial charge >= 0.3 is 0 Å². The van der Waals surface area contributed by atoms with Crippen LogP contribution in [0.2, 0.25) is 0 Å². The molecule has 15 heavy (non-hydrogen) atoms. The number of aryl methyl sites for hydroxylation is 1. The molecule has 0 aliphatic carbocycles. The van der Waals surface area contributed by atoms with E-state index >= 15 is 0 Å². The summed E-state index contributed by atoms with van der Waals surface area (Å²) in [7, 11) is 2.02. The first kappa shape index (κ1) is 10.6. The molecule has 84 valence electrons. The summed E-state index contributed by atoms with van der Waals surface area (Å²) in [6.07, 6.45) is 2.09. The van der Waals surface area contributed by atoms with Crippen LogP contribution < -0.4 is 5.32 Å². The zero-order valence-corrected chi connectivity index (χ0v) is 9.36. The van der Waals surface area contributed by atoms with E-state index in [1.54, 1.807) is 0 Å². The van der Waals surface area contributed by atoms with Gasteiger partial charge in [-0.2, -0.15) is 4.98 Å². The van der Waals surface area contributed by atoms with Gasteiger partial charge in [-0.3, -0.25) is 0 Å². The van der Waals surface area contributed by atoms with Crippen LogP contribution in [0.25, 0.3) is 0 Å². The molecule has 2 heterocycles. The largest absolute Gasteiger partial charge is 0.339 e. The molecular formula is C10H18N4O. The van der Waals surface area contributed by atoms with Gasteiger partial charge in [-0.25, -0.2) is 0 Å². The predicted molar refractivity (Wildman–Crippen MR) is 56.6 cm³/mol. The second-order valence-corrected chi connectivity index (χ2v) is 4.06. The van der Waals surface area contributed by atoms with Crippen LogP contribution in [0.1, 0.15) is 18.1 Å². The summed E-state index contributed by atoms with van der Waals surface area (Å²) in [5, 5.41) is 7.08. The highest BCUT2D eigenvalue weighted by Crippen LogP contribution is 2.09. The zero-order chi connectivity index (χ0) is 10.7. The third-order valence-electron chi connectivity index (χ3n) is 2.89. The number of likely N-dealkylation sites (N-methyl/N-ethyl adjacent to an activating group) is 1. The topological polar surface area (TPSA) is 54.2 Å². The van der Waals surface area contributed by atoms with E-state index in [2.05, 4.69) is 20.4 Å². The third-order valence-corrected chi connectivity index (χ3v) is 2.89. The Balaban J connectivity index is 1.75. The summed E-state index contributed by atoms with van der Waals surface area (Å²) in [6, 6.07) is 0.648. The molecule has 1 N–H and O–H groups in total. The fourth-order valence-corrected chi connectivity index (χ4v) is 1.97. The Morgan fingerprint density at radius 2 is 2.47 bits per heavy atom. The van der Waals surface area contributed by atoms with Crippen molar-refractivity contribution in [2.75, 3.05) is 26.7 Å². The lowest BCUT2D eigenvalue weighted by atomic mass is 10.3. The maximum absolute atomic E-state index is 5.07. The molecule has 0 amide bonds. The summed E-state index contributed by atoms with van der Waals surface area (Å²) in [5.41, 5.74) is 0. The molecule has 1 unspecified atom stereocenters. The maximum Gasteiger partial charge on any atom is 0.227 e.